The Kier molecular flexibility index (Phi) is 10.0. The molecule has 2 aliphatic heterocycles. The van der Waals surface area contributed by atoms with E-state index in [0.717, 1.165) is 37.6 Å². The predicted octanol–water partition coefficient (Wildman–Crippen LogP) is 5.95. The van der Waals surface area contributed by atoms with Crippen molar-refractivity contribution in [1.82, 2.24) is 14.7 Å². The molecule has 0 N–H and O–H groups in total. The molecule has 4 rings (SSSR count). The Morgan fingerprint density at radius 2 is 1.75 bits per heavy atom. The molecule has 0 unspecified atom stereocenters. The number of piperidine rings is 1. The molecule has 1 fully saturated rings. The van der Waals surface area contributed by atoms with Crippen LogP contribution in [0.5, 0.6) is 5.75 Å². The van der Waals surface area contributed by atoms with Gasteiger partial charge in [-0.25, -0.2) is 0 Å². The smallest absolute Gasteiger partial charge is 0.127 e. The van der Waals surface area contributed by atoms with Crippen LogP contribution in [0.1, 0.15) is 61.8 Å². The van der Waals surface area contributed by atoms with E-state index >= 15 is 0 Å². The van der Waals surface area contributed by atoms with Crippen molar-refractivity contribution >= 4 is 5.57 Å². The third-order valence-corrected chi connectivity index (χ3v) is 8.12. The van der Waals surface area contributed by atoms with E-state index in [0.29, 0.717) is 6.61 Å². The van der Waals surface area contributed by atoms with E-state index < -0.39 is 0 Å². The van der Waals surface area contributed by atoms with Crippen LogP contribution in [0.3, 0.4) is 0 Å². The molecule has 0 aromatic heterocycles. The zero-order chi connectivity index (χ0) is 25.3. The molecular formula is C32H47N3O. The normalized spacial score (nSPS) is 17.8. The van der Waals surface area contributed by atoms with Crippen molar-refractivity contribution in [1.29, 1.82) is 0 Å². The van der Waals surface area contributed by atoms with Gasteiger partial charge in [0, 0.05) is 18.7 Å². The first-order valence-corrected chi connectivity index (χ1v) is 14.2. The highest BCUT2D eigenvalue weighted by atomic mass is 16.5. The molecular weight excluding hydrogens is 442 g/mol. The van der Waals surface area contributed by atoms with E-state index in [2.05, 4.69) is 91.2 Å². The van der Waals surface area contributed by atoms with Gasteiger partial charge in [-0.2, -0.15) is 0 Å². The van der Waals surface area contributed by atoms with Crippen LogP contribution in [-0.2, 0) is 13.0 Å². The van der Waals surface area contributed by atoms with Crippen LogP contribution in [0.15, 0.2) is 48.5 Å². The Labute approximate surface area is 219 Å². The Balaban J connectivity index is 1.40. The average Bonchev–Trinajstić information content (AvgIpc) is 3.05. The molecule has 0 bridgehead atoms. The molecule has 4 nitrogen and oxygen atoms in total. The lowest BCUT2D eigenvalue weighted by Gasteiger charge is -2.33. The van der Waals surface area contributed by atoms with Crippen molar-refractivity contribution in [2.45, 2.75) is 52.6 Å². The van der Waals surface area contributed by atoms with Crippen LogP contribution >= 0.6 is 0 Å². The first kappa shape index (κ1) is 26.9. The molecule has 2 aliphatic rings. The number of hydrogen-bond donors (Lipinski definition) is 0. The molecule has 1 saturated heterocycles. The molecule has 2 aromatic carbocycles. The van der Waals surface area contributed by atoms with Crippen LogP contribution in [0, 0.1) is 5.92 Å². The highest BCUT2D eigenvalue weighted by Crippen LogP contribution is 2.37. The van der Waals surface area contributed by atoms with Gasteiger partial charge in [0.15, 0.2) is 0 Å². The van der Waals surface area contributed by atoms with E-state index in [1.165, 1.54) is 79.8 Å². The lowest BCUT2D eigenvalue weighted by atomic mass is 9.91. The van der Waals surface area contributed by atoms with Crippen molar-refractivity contribution < 1.29 is 4.74 Å². The Morgan fingerprint density at radius 3 is 2.50 bits per heavy atom. The van der Waals surface area contributed by atoms with Crippen LogP contribution in [0.25, 0.3) is 5.57 Å². The van der Waals surface area contributed by atoms with Gasteiger partial charge in [-0.15, -0.1) is 0 Å². The standard InChI is InChI=1S/C32H47N3O/c1-5-34(6-2)20-15-26-16-21-35(22-17-26)23-18-27-13-14-32-31(24-27)30(12-9-19-33(3)4)29-11-8-7-10-28(29)25-36-32/h7-8,10-14,24,26H,5-6,9,15-23,25H2,1-4H3/b30-12-. The van der Waals surface area contributed by atoms with Crippen LogP contribution in [0.2, 0.25) is 0 Å². The van der Waals surface area contributed by atoms with Crippen molar-refractivity contribution in [2.24, 2.45) is 5.92 Å². The molecule has 0 atom stereocenters. The number of rotatable bonds is 11. The monoisotopic (exact) mass is 489 g/mol. The second kappa shape index (κ2) is 13.4. The molecule has 2 aromatic rings. The van der Waals surface area contributed by atoms with Gasteiger partial charge < -0.3 is 19.4 Å². The van der Waals surface area contributed by atoms with Crippen LogP contribution in [0.4, 0.5) is 0 Å². The summed E-state index contributed by atoms with van der Waals surface area (Å²) in [6, 6.07) is 15.6. The fourth-order valence-electron chi connectivity index (χ4n) is 5.66. The summed E-state index contributed by atoms with van der Waals surface area (Å²) in [5.74, 6) is 1.92. The first-order chi connectivity index (χ1) is 17.6. The number of likely N-dealkylation sites (tertiary alicyclic amines) is 1. The summed E-state index contributed by atoms with van der Waals surface area (Å²) in [7, 11) is 4.28. The summed E-state index contributed by atoms with van der Waals surface area (Å²) in [5.41, 5.74) is 6.59. The zero-order valence-electron chi connectivity index (χ0n) is 23.1. The van der Waals surface area contributed by atoms with Gasteiger partial charge in [-0.3, -0.25) is 0 Å². The lowest BCUT2D eigenvalue weighted by molar-refractivity contribution is 0.167. The van der Waals surface area contributed by atoms with Gasteiger partial charge in [-0.1, -0.05) is 50.3 Å². The fraction of sp³-hybridized carbons (Fsp3) is 0.562. The summed E-state index contributed by atoms with van der Waals surface area (Å²) in [6.07, 6.45) is 8.63. The van der Waals surface area contributed by atoms with Gasteiger partial charge in [0.25, 0.3) is 0 Å². The van der Waals surface area contributed by atoms with Gasteiger partial charge in [0.05, 0.1) is 0 Å². The van der Waals surface area contributed by atoms with Crippen LogP contribution in [-0.4, -0.2) is 74.6 Å². The van der Waals surface area contributed by atoms with Gasteiger partial charge in [0.1, 0.15) is 12.4 Å². The Hall–Kier alpha value is -2.14. The molecule has 2 heterocycles. The number of ether oxygens (including phenoxy) is 1. The minimum absolute atomic E-state index is 0.636. The summed E-state index contributed by atoms with van der Waals surface area (Å²) < 4.78 is 6.28. The molecule has 36 heavy (non-hydrogen) atoms. The number of benzene rings is 2. The number of hydrogen-bond acceptors (Lipinski definition) is 4. The van der Waals surface area contributed by atoms with Crippen molar-refractivity contribution in [2.75, 3.05) is 59.9 Å². The maximum atomic E-state index is 6.28. The minimum atomic E-state index is 0.636. The summed E-state index contributed by atoms with van der Waals surface area (Å²) in [5, 5.41) is 0. The average molecular weight is 490 g/mol. The highest BCUT2D eigenvalue weighted by Gasteiger charge is 2.21. The van der Waals surface area contributed by atoms with Crippen molar-refractivity contribution in [3.63, 3.8) is 0 Å². The minimum Gasteiger partial charge on any atom is -0.488 e. The third kappa shape index (κ3) is 7.21. The van der Waals surface area contributed by atoms with Crippen LogP contribution < -0.4 is 4.74 Å². The number of fused-ring (bicyclic) bond motifs is 2. The van der Waals surface area contributed by atoms with Gasteiger partial charge in [0.2, 0.25) is 0 Å². The van der Waals surface area contributed by atoms with E-state index in [1.807, 2.05) is 0 Å². The lowest BCUT2D eigenvalue weighted by Crippen LogP contribution is -2.36. The first-order valence-electron chi connectivity index (χ1n) is 14.2. The summed E-state index contributed by atoms with van der Waals surface area (Å²) in [4.78, 5) is 7.50. The molecule has 0 aliphatic carbocycles. The maximum absolute atomic E-state index is 6.28. The molecule has 0 radical (unpaired) electrons. The second-order valence-corrected chi connectivity index (χ2v) is 10.8. The van der Waals surface area contributed by atoms with E-state index in [9.17, 15) is 0 Å². The molecule has 4 heteroatoms. The van der Waals surface area contributed by atoms with E-state index in [1.54, 1.807) is 0 Å². The quantitative estimate of drug-likeness (QED) is 0.388. The Morgan fingerprint density at radius 1 is 0.972 bits per heavy atom. The molecule has 0 spiro atoms. The van der Waals surface area contributed by atoms with Crippen molar-refractivity contribution in [3.8, 4) is 5.75 Å². The largest absolute Gasteiger partial charge is 0.488 e. The summed E-state index contributed by atoms with van der Waals surface area (Å²) in [6.45, 7) is 13.5. The second-order valence-electron chi connectivity index (χ2n) is 10.8. The third-order valence-electron chi connectivity index (χ3n) is 8.12. The van der Waals surface area contributed by atoms with Crippen molar-refractivity contribution in [3.05, 3.63) is 70.8 Å². The zero-order valence-corrected chi connectivity index (χ0v) is 23.1. The topological polar surface area (TPSA) is 19.0 Å². The molecule has 196 valence electrons. The predicted molar refractivity (Wildman–Crippen MR) is 153 cm³/mol. The maximum Gasteiger partial charge on any atom is 0.127 e. The van der Waals surface area contributed by atoms with Gasteiger partial charge >= 0.3 is 0 Å². The SMILES string of the molecule is CCN(CC)CCC1CCN(CCc2ccc3c(c2)/C(=C\CCN(C)C)c2ccccc2CO3)CC1. The summed E-state index contributed by atoms with van der Waals surface area (Å²) >= 11 is 0. The molecule has 0 amide bonds. The molecule has 0 saturated carbocycles. The number of nitrogens with zero attached hydrogens (tertiary/aromatic N) is 3. The van der Waals surface area contributed by atoms with E-state index in [4.69, 9.17) is 4.74 Å². The highest BCUT2D eigenvalue weighted by molar-refractivity contribution is 5.85. The fourth-order valence-corrected chi connectivity index (χ4v) is 5.66. The van der Waals surface area contributed by atoms with E-state index in [-0.39, 0.29) is 0 Å². The van der Waals surface area contributed by atoms with Gasteiger partial charge in [-0.05, 0) is 119 Å². The Bertz CT molecular complexity index is 987.